The van der Waals surface area contributed by atoms with Crippen molar-refractivity contribution in [3.8, 4) is 12.3 Å². The maximum Gasteiger partial charge on any atom is 0.298 e. The Hall–Kier alpha value is -1.01. The molecule has 1 N–H and O–H groups in total. The third-order valence-corrected chi connectivity index (χ3v) is 3.73. The summed E-state index contributed by atoms with van der Waals surface area (Å²) in [6.45, 7) is 7.06. The second kappa shape index (κ2) is 2.99. The summed E-state index contributed by atoms with van der Waals surface area (Å²) in [6, 6.07) is 0. The number of carbonyl (C=O) groups is 1. The molecule has 0 bridgehead atoms. The summed E-state index contributed by atoms with van der Waals surface area (Å²) < 4.78 is 0. The van der Waals surface area contributed by atoms with Crippen LogP contribution in [0.5, 0.6) is 0 Å². The maximum atomic E-state index is 11.5. The summed E-state index contributed by atoms with van der Waals surface area (Å²) in [5.41, 5.74) is -0.0857. The van der Waals surface area contributed by atoms with Crippen molar-refractivity contribution in [2.75, 3.05) is 19.6 Å². The van der Waals surface area contributed by atoms with Gasteiger partial charge in [0.1, 0.15) is 0 Å². The van der Waals surface area contributed by atoms with Crippen molar-refractivity contribution in [1.29, 1.82) is 0 Å². The number of rotatable bonds is 0. The van der Waals surface area contributed by atoms with Crippen LogP contribution in [0.3, 0.4) is 0 Å². The summed E-state index contributed by atoms with van der Waals surface area (Å²) in [5, 5.41) is 3.37. The summed E-state index contributed by atoms with van der Waals surface area (Å²) in [4.78, 5) is 13.4. The second-order valence-electron chi connectivity index (χ2n) is 4.74. The Labute approximate surface area is 84.8 Å². The van der Waals surface area contributed by atoms with E-state index in [1.807, 2.05) is 4.90 Å². The van der Waals surface area contributed by atoms with E-state index in [2.05, 4.69) is 25.1 Å². The van der Waals surface area contributed by atoms with Crippen LogP contribution in [0.4, 0.5) is 0 Å². The predicted molar refractivity (Wildman–Crippen MR) is 54.5 cm³/mol. The van der Waals surface area contributed by atoms with Crippen molar-refractivity contribution >= 4 is 5.91 Å². The molecule has 3 heteroatoms. The zero-order valence-electron chi connectivity index (χ0n) is 8.71. The molecular weight excluding hydrogens is 176 g/mol. The highest BCUT2D eigenvalue weighted by Gasteiger charge is 2.50. The fourth-order valence-electron chi connectivity index (χ4n) is 2.84. The van der Waals surface area contributed by atoms with Gasteiger partial charge < -0.3 is 10.2 Å². The molecule has 2 aliphatic heterocycles. The van der Waals surface area contributed by atoms with E-state index in [4.69, 9.17) is 6.42 Å². The standard InChI is InChI=1S/C11H16N2O/c1-4-10(14)13-7-8-5-12-6-9(8)11(13,2)3/h1,8-9,12H,5-7H2,2-3H3. The van der Waals surface area contributed by atoms with E-state index in [9.17, 15) is 4.79 Å². The number of nitrogens with one attached hydrogen (secondary N) is 1. The number of nitrogens with zero attached hydrogens (tertiary/aromatic N) is 1. The summed E-state index contributed by atoms with van der Waals surface area (Å²) >= 11 is 0. The van der Waals surface area contributed by atoms with E-state index in [0.29, 0.717) is 11.8 Å². The molecule has 0 saturated carbocycles. The Morgan fingerprint density at radius 1 is 1.57 bits per heavy atom. The second-order valence-corrected chi connectivity index (χ2v) is 4.74. The van der Waals surface area contributed by atoms with Gasteiger partial charge in [0.2, 0.25) is 0 Å². The summed E-state index contributed by atoms with van der Waals surface area (Å²) in [7, 11) is 0. The molecule has 2 unspecified atom stereocenters. The minimum Gasteiger partial charge on any atom is -0.326 e. The minimum atomic E-state index is -0.163. The van der Waals surface area contributed by atoms with Crippen molar-refractivity contribution in [3.05, 3.63) is 0 Å². The van der Waals surface area contributed by atoms with E-state index in [1.165, 1.54) is 0 Å². The lowest BCUT2D eigenvalue weighted by molar-refractivity contribution is -0.128. The first-order valence-corrected chi connectivity index (χ1v) is 5.06. The molecule has 0 radical (unpaired) electrons. The molecule has 1 amide bonds. The SMILES string of the molecule is C#CC(=O)N1CC2CNCC2C1(C)C. The van der Waals surface area contributed by atoms with Gasteiger partial charge >= 0.3 is 0 Å². The smallest absolute Gasteiger partial charge is 0.298 e. The van der Waals surface area contributed by atoms with E-state index < -0.39 is 0 Å². The van der Waals surface area contributed by atoms with Crippen LogP contribution in [0.25, 0.3) is 0 Å². The first-order valence-electron chi connectivity index (χ1n) is 5.06. The van der Waals surface area contributed by atoms with Gasteiger partial charge in [-0.1, -0.05) is 0 Å². The first-order chi connectivity index (χ1) is 6.57. The molecule has 2 aliphatic rings. The summed E-state index contributed by atoms with van der Waals surface area (Å²) in [6.07, 6.45) is 5.17. The number of carbonyl (C=O) groups excluding carboxylic acids is 1. The quantitative estimate of drug-likeness (QED) is 0.551. The lowest BCUT2D eigenvalue weighted by Crippen LogP contribution is -2.47. The molecule has 2 atom stereocenters. The Bertz CT molecular complexity index is 303. The topological polar surface area (TPSA) is 32.3 Å². The van der Waals surface area contributed by atoms with Crippen molar-refractivity contribution < 1.29 is 4.79 Å². The molecule has 0 aliphatic carbocycles. The van der Waals surface area contributed by atoms with E-state index >= 15 is 0 Å². The zero-order valence-corrected chi connectivity index (χ0v) is 8.71. The van der Waals surface area contributed by atoms with Crippen LogP contribution in [-0.2, 0) is 4.79 Å². The number of terminal acetylenes is 1. The molecule has 14 heavy (non-hydrogen) atoms. The third-order valence-electron chi connectivity index (χ3n) is 3.73. The fraction of sp³-hybridized carbons (Fsp3) is 0.727. The van der Waals surface area contributed by atoms with Crippen LogP contribution in [-0.4, -0.2) is 36.0 Å². The molecule has 2 heterocycles. The average Bonchev–Trinajstić information content (AvgIpc) is 2.68. The van der Waals surface area contributed by atoms with E-state index in [0.717, 1.165) is 19.6 Å². The average molecular weight is 192 g/mol. The van der Waals surface area contributed by atoms with Crippen molar-refractivity contribution in [1.82, 2.24) is 10.2 Å². The summed E-state index contributed by atoms with van der Waals surface area (Å²) in [5.74, 6) is 3.20. The van der Waals surface area contributed by atoms with Gasteiger partial charge in [-0.25, -0.2) is 0 Å². The highest BCUT2D eigenvalue weighted by molar-refractivity contribution is 5.93. The fourth-order valence-corrected chi connectivity index (χ4v) is 2.84. The molecular formula is C11H16N2O. The van der Waals surface area contributed by atoms with Gasteiger partial charge in [-0.05, 0) is 31.6 Å². The van der Waals surface area contributed by atoms with Crippen LogP contribution >= 0.6 is 0 Å². The number of amides is 1. The van der Waals surface area contributed by atoms with Crippen LogP contribution in [0.2, 0.25) is 0 Å². The van der Waals surface area contributed by atoms with Crippen LogP contribution in [0, 0.1) is 24.2 Å². The Kier molecular flexibility index (Phi) is 2.04. The maximum absolute atomic E-state index is 11.5. The lowest BCUT2D eigenvalue weighted by Gasteiger charge is -2.34. The molecule has 2 rings (SSSR count). The number of likely N-dealkylation sites (tertiary alicyclic amines) is 1. The van der Waals surface area contributed by atoms with Crippen molar-refractivity contribution in [3.63, 3.8) is 0 Å². The van der Waals surface area contributed by atoms with Crippen LogP contribution in [0.1, 0.15) is 13.8 Å². The van der Waals surface area contributed by atoms with Crippen molar-refractivity contribution in [2.45, 2.75) is 19.4 Å². The van der Waals surface area contributed by atoms with E-state index in [1.54, 1.807) is 0 Å². The predicted octanol–water partition coefficient (Wildman–Crippen LogP) is 0.0760. The van der Waals surface area contributed by atoms with Gasteiger partial charge in [0.25, 0.3) is 5.91 Å². The van der Waals surface area contributed by atoms with Crippen LogP contribution < -0.4 is 5.32 Å². The van der Waals surface area contributed by atoms with Gasteiger partial charge in [-0.15, -0.1) is 6.42 Å². The highest BCUT2D eigenvalue weighted by Crippen LogP contribution is 2.40. The molecule has 0 spiro atoms. The Balaban J connectivity index is 2.24. The normalized spacial score (nSPS) is 33.9. The molecule has 3 nitrogen and oxygen atoms in total. The van der Waals surface area contributed by atoms with Gasteiger partial charge in [-0.2, -0.15) is 0 Å². The molecule has 0 aromatic rings. The number of hydrogen-bond donors (Lipinski definition) is 1. The van der Waals surface area contributed by atoms with Gasteiger partial charge in [0, 0.05) is 25.2 Å². The third kappa shape index (κ3) is 1.14. The largest absolute Gasteiger partial charge is 0.326 e. The Morgan fingerprint density at radius 2 is 2.29 bits per heavy atom. The molecule has 76 valence electrons. The number of fused-ring (bicyclic) bond motifs is 1. The lowest BCUT2D eigenvalue weighted by atomic mass is 9.85. The van der Waals surface area contributed by atoms with Crippen LogP contribution in [0.15, 0.2) is 0 Å². The van der Waals surface area contributed by atoms with Gasteiger partial charge in [0.15, 0.2) is 0 Å². The van der Waals surface area contributed by atoms with Gasteiger partial charge in [-0.3, -0.25) is 4.79 Å². The molecule has 0 aromatic heterocycles. The molecule has 2 fully saturated rings. The Morgan fingerprint density at radius 3 is 2.86 bits per heavy atom. The minimum absolute atomic E-state index is 0.0857. The zero-order chi connectivity index (χ0) is 10.3. The number of hydrogen-bond acceptors (Lipinski definition) is 2. The van der Waals surface area contributed by atoms with Crippen molar-refractivity contribution in [2.24, 2.45) is 11.8 Å². The first kappa shape index (κ1) is 9.54. The molecule has 0 aromatic carbocycles. The monoisotopic (exact) mass is 192 g/mol. The highest BCUT2D eigenvalue weighted by atomic mass is 16.2. The van der Waals surface area contributed by atoms with Gasteiger partial charge in [0.05, 0.1) is 0 Å². The van der Waals surface area contributed by atoms with E-state index in [-0.39, 0.29) is 11.4 Å². The molecule has 2 saturated heterocycles.